The molecule has 2 aromatic rings. The van der Waals surface area contributed by atoms with Gasteiger partial charge >= 0.3 is 0 Å². The topological polar surface area (TPSA) is 72.2 Å². The third kappa shape index (κ3) is 4.17. The number of benzene rings is 2. The molecule has 0 unspecified atom stereocenters. The van der Waals surface area contributed by atoms with Crippen molar-refractivity contribution >= 4 is 28.9 Å². The van der Waals surface area contributed by atoms with Crippen LogP contribution in [0.5, 0.6) is 0 Å². The van der Waals surface area contributed by atoms with E-state index < -0.39 is 10.8 Å². The number of carbonyl (C=O) groups is 1. The summed E-state index contributed by atoms with van der Waals surface area (Å²) in [5.74, 6) is 0.0666. The number of halogens is 1. The molecule has 2 aromatic carbocycles. The minimum atomic E-state index is -0.597. The van der Waals surface area contributed by atoms with E-state index in [1.54, 1.807) is 0 Å². The summed E-state index contributed by atoms with van der Waals surface area (Å²) in [6.07, 6.45) is 0. The Hall–Kier alpha value is -2.40. The highest BCUT2D eigenvalue weighted by Gasteiger charge is 2.19. The maximum Gasteiger partial charge on any atom is 0.288 e. The van der Waals surface area contributed by atoms with Crippen molar-refractivity contribution in [2.24, 2.45) is 0 Å². The highest BCUT2D eigenvalue weighted by Crippen LogP contribution is 2.33. The molecule has 0 saturated carbocycles. The van der Waals surface area contributed by atoms with Crippen LogP contribution in [0.15, 0.2) is 36.4 Å². The smallest absolute Gasteiger partial charge is 0.288 e. The number of hydrogen-bond acceptors (Lipinski definition) is 3. The van der Waals surface area contributed by atoms with E-state index in [4.69, 9.17) is 11.6 Å². The predicted molar refractivity (Wildman–Crippen MR) is 101 cm³/mol. The summed E-state index contributed by atoms with van der Waals surface area (Å²) in [5, 5.41) is 14.0. The molecule has 0 fully saturated rings. The van der Waals surface area contributed by atoms with Crippen LogP contribution in [0.4, 0.5) is 11.4 Å². The summed E-state index contributed by atoms with van der Waals surface area (Å²) in [7, 11) is 0. The van der Waals surface area contributed by atoms with E-state index in [1.165, 1.54) is 18.2 Å². The molecule has 1 amide bonds. The molecule has 5 nitrogen and oxygen atoms in total. The Kier molecular flexibility index (Phi) is 5.80. The van der Waals surface area contributed by atoms with Crippen molar-refractivity contribution in [2.45, 2.75) is 39.5 Å². The molecule has 1 N–H and O–H groups in total. The van der Waals surface area contributed by atoms with Gasteiger partial charge in [-0.15, -0.1) is 0 Å². The molecule has 0 atom stereocenters. The maximum atomic E-state index is 12.7. The zero-order valence-electron chi connectivity index (χ0n) is 14.7. The molecule has 0 heterocycles. The summed E-state index contributed by atoms with van der Waals surface area (Å²) in [5.41, 5.74) is 2.75. The summed E-state index contributed by atoms with van der Waals surface area (Å²) < 4.78 is 0. The Labute approximate surface area is 152 Å². The molecular weight excluding hydrogens is 340 g/mol. The minimum Gasteiger partial charge on any atom is -0.321 e. The first-order valence-corrected chi connectivity index (χ1v) is 8.48. The van der Waals surface area contributed by atoms with E-state index in [2.05, 4.69) is 33.0 Å². The molecule has 0 aliphatic rings. The van der Waals surface area contributed by atoms with Crippen LogP contribution in [0, 0.1) is 10.1 Å². The highest BCUT2D eigenvalue weighted by molar-refractivity contribution is 6.32. The predicted octanol–water partition coefficient (Wildman–Crippen LogP) is 5.75. The van der Waals surface area contributed by atoms with Gasteiger partial charge in [-0.3, -0.25) is 14.9 Å². The van der Waals surface area contributed by atoms with Crippen molar-refractivity contribution in [2.75, 3.05) is 5.32 Å². The molecule has 0 spiro atoms. The monoisotopic (exact) mass is 360 g/mol. The van der Waals surface area contributed by atoms with Crippen LogP contribution in [0.25, 0.3) is 0 Å². The number of nitrogens with zero attached hydrogens (tertiary/aromatic N) is 1. The normalized spacial score (nSPS) is 11.0. The SMILES string of the molecule is CC(C)c1cccc(C(C)C)c1NC(=O)c1ccc(Cl)c([N+](=O)[O-])c1. The number of anilines is 1. The molecule has 2 rings (SSSR count). The minimum absolute atomic E-state index is 0.00648. The van der Waals surface area contributed by atoms with Crippen LogP contribution >= 0.6 is 11.6 Å². The average molecular weight is 361 g/mol. The Morgan fingerprint density at radius 3 is 2.12 bits per heavy atom. The lowest BCUT2D eigenvalue weighted by atomic mass is 9.92. The van der Waals surface area contributed by atoms with E-state index in [1.807, 2.05) is 18.2 Å². The Bertz CT molecular complexity index is 790. The lowest BCUT2D eigenvalue weighted by molar-refractivity contribution is -0.384. The van der Waals surface area contributed by atoms with Gasteiger partial charge in [0.15, 0.2) is 0 Å². The van der Waals surface area contributed by atoms with Crippen LogP contribution in [-0.2, 0) is 0 Å². The van der Waals surface area contributed by atoms with Gasteiger partial charge in [0.2, 0.25) is 0 Å². The third-order valence-electron chi connectivity index (χ3n) is 4.02. The van der Waals surface area contributed by atoms with Gasteiger partial charge in [-0.2, -0.15) is 0 Å². The molecule has 0 bridgehead atoms. The zero-order valence-corrected chi connectivity index (χ0v) is 15.4. The summed E-state index contributed by atoms with van der Waals surface area (Å²) in [6, 6.07) is 10.00. The van der Waals surface area contributed by atoms with Crippen LogP contribution < -0.4 is 5.32 Å². The van der Waals surface area contributed by atoms with Gasteiger partial charge in [0.1, 0.15) is 5.02 Å². The van der Waals surface area contributed by atoms with Crippen molar-refractivity contribution in [3.05, 3.63) is 68.2 Å². The van der Waals surface area contributed by atoms with E-state index in [0.29, 0.717) is 0 Å². The van der Waals surface area contributed by atoms with E-state index in [-0.39, 0.29) is 28.1 Å². The molecule has 0 aromatic heterocycles. The van der Waals surface area contributed by atoms with Crippen LogP contribution in [0.1, 0.15) is 61.0 Å². The van der Waals surface area contributed by atoms with Gasteiger partial charge in [-0.05, 0) is 35.1 Å². The number of nitro benzene ring substituents is 1. The van der Waals surface area contributed by atoms with E-state index in [9.17, 15) is 14.9 Å². The Morgan fingerprint density at radius 1 is 1.08 bits per heavy atom. The molecular formula is C19H21ClN2O3. The van der Waals surface area contributed by atoms with Crippen molar-refractivity contribution < 1.29 is 9.72 Å². The number of hydrogen-bond donors (Lipinski definition) is 1. The van der Waals surface area contributed by atoms with Gasteiger partial charge < -0.3 is 5.32 Å². The number of para-hydroxylation sites is 1. The Balaban J connectivity index is 2.44. The van der Waals surface area contributed by atoms with Crippen molar-refractivity contribution in [1.29, 1.82) is 0 Å². The van der Waals surface area contributed by atoms with Gasteiger partial charge in [-0.25, -0.2) is 0 Å². The second-order valence-corrected chi connectivity index (χ2v) is 6.91. The zero-order chi connectivity index (χ0) is 18.7. The Morgan fingerprint density at radius 2 is 1.64 bits per heavy atom. The molecule has 0 aliphatic carbocycles. The van der Waals surface area contributed by atoms with Gasteiger partial charge in [0.25, 0.3) is 11.6 Å². The molecule has 0 aliphatic heterocycles. The van der Waals surface area contributed by atoms with Crippen molar-refractivity contribution in [3.8, 4) is 0 Å². The second kappa shape index (κ2) is 7.66. The van der Waals surface area contributed by atoms with Crippen molar-refractivity contribution in [1.82, 2.24) is 0 Å². The van der Waals surface area contributed by atoms with Crippen LogP contribution in [-0.4, -0.2) is 10.8 Å². The second-order valence-electron chi connectivity index (χ2n) is 6.50. The lowest BCUT2D eigenvalue weighted by Gasteiger charge is -2.20. The molecule has 25 heavy (non-hydrogen) atoms. The third-order valence-corrected chi connectivity index (χ3v) is 4.34. The maximum absolute atomic E-state index is 12.7. The van der Waals surface area contributed by atoms with Crippen LogP contribution in [0.2, 0.25) is 5.02 Å². The average Bonchev–Trinajstić information content (AvgIpc) is 2.54. The fourth-order valence-corrected chi connectivity index (χ4v) is 2.86. The van der Waals surface area contributed by atoms with E-state index in [0.717, 1.165) is 16.8 Å². The largest absolute Gasteiger partial charge is 0.321 e. The standard InChI is InChI=1S/C19H21ClN2O3/c1-11(2)14-6-5-7-15(12(3)4)18(14)21-19(23)13-8-9-16(20)17(10-13)22(24)25/h5-12H,1-4H3,(H,21,23). The number of nitro groups is 1. The first-order valence-electron chi connectivity index (χ1n) is 8.10. The summed E-state index contributed by atoms with van der Waals surface area (Å²) in [4.78, 5) is 23.1. The highest BCUT2D eigenvalue weighted by atomic mass is 35.5. The molecule has 0 saturated heterocycles. The van der Waals surface area contributed by atoms with Gasteiger partial charge in [0, 0.05) is 17.3 Å². The number of amides is 1. The molecule has 6 heteroatoms. The fraction of sp³-hybridized carbons (Fsp3) is 0.316. The molecule has 0 radical (unpaired) electrons. The molecule has 132 valence electrons. The van der Waals surface area contributed by atoms with Crippen molar-refractivity contribution in [3.63, 3.8) is 0 Å². The van der Waals surface area contributed by atoms with E-state index >= 15 is 0 Å². The summed E-state index contributed by atoms with van der Waals surface area (Å²) >= 11 is 5.82. The first-order chi connectivity index (χ1) is 11.7. The number of carbonyl (C=O) groups excluding carboxylic acids is 1. The van der Waals surface area contributed by atoms with Gasteiger partial charge in [-0.1, -0.05) is 57.5 Å². The van der Waals surface area contributed by atoms with Crippen LogP contribution in [0.3, 0.4) is 0 Å². The summed E-state index contributed by atoms with van der Waals surface area (Å²) in [6.45, 7) is 8.23. The number of rotatable bonds is 5. The van der Waals surface area contributed by atoms with Gasteiger partial charge in [0.05, 0.1) is 4.92 Å². The first kappa shape index (κ1) is 18.9. The number of nitrogens with one attached hydrogen (secondary N) is 1. The quantitative estimate of drug-likeness (QED) is 0.545. The lowest BCUT2D eigenvalue weighted by Crippen LogP contribution is -2.16. The fourth-order valence-electron chi connectivity index (χ4n) is 2.67.